The van der Waals surface area contributed by atoms with Crippen molar-refractivity contribution in [3.05, 3.63) is 87.6 Å². The van der Waals surface area contributed by atoms with Crippen molar-refractivity contribution in [1.82, 2.24) is 19.4 Å². The Labute approximate surface area is 220 Å². The van der Waals surface area contributed by atoms with E-state index >= 15 is 0 Å². The normalized spacial score (nSPS) is 16.9. The first-order valence-corrected chi connectivity index (χ1v) is 13.0. The first-order valence-electron chi connectivity index (χ1n) is 13.0. The monoisotopic (exact) mass is 510 g/mol. The number of aromatic nitrogens is 3. The number of aliphatic hydroxyl groups excluding tert-OH is 1. The molecule has 0 atom stereocenters. The van der Waals surface area contributed by atoms with Crippen LogP contribution in [0.3, 0.4) is 0 Å². The zero-order valence-corrected chi connectivity index (χ0v) is 21.6. The molecule has 0 fully saturated rings. The van der Waals surface area contributed by atoms with Crippen LogP contribution in [0.15, 0.2) is 70.7 Å². The van der Waals surface area contributed by atoms with Gasteiger partial charge in [-0.25, -0.2) is 9.97 Å². The number of allylic oxidation sites excluding steroid dienone is 2. The van der Waals surface area contributed by atoms with E-state index in [1.807, 2.05) is 24.4 Å². The fourth-order valence-corrected chi connectivity index (χ4v) is 5.74. The van der Waals surface area contributed by atoms with E-state index in [0.29, 0.717) is 23.9 Å². The third-order valence-corrected chi connectivity index (χ3v) is 7.56. The molecule has 0 bridgehead atoms. The molecule has 2 N–H and O–H groups in total. The maximum absolute atomic E-state index is 13.2. The summed E-state index contributed by atoms with van der Waals surface area (Å²) in [5.74, 6) is 1.27. The number of benzene rings is 1. The Balaban J connectivity index is 1.38. The number of nitrogens with zero attached hydrogens (tertiary/aromatic N) is 5. The molecule has 9 nitrogen and oxygen atoms in total. The van der Waals surface area contributed by atoms with E-state index in [9.17, 15) is 14.7 Å². The van der Waals surface area contributed by atoms with Gasteiger partial charge in [-0.3, -0.25) is 9.59 Å². The standard InChI is InChI=1S/C29H30N6O3/c1-18-30-11-10-27(31-18)32-23-14-19(15-33(2)29(23)38)20-7-5-9-24(22(20)17-36)34-12-13-35-25-8-4-3-6-21(25)28(37)26(35)16-34/h5,7,9-11,14-16,36H,3-4,6,8,12-13,17H2,1-2H3,(H,30,31,32). The Morgan fingerprint density at radius 2 is 1.95 bits per heavy atom. The van der Waals surface area contributed by atoms with Gasteiger partial charge in [0.15, 0.2) is 0 Å². The fourth-order valence-electron chi connectivity index (χ4n) is 5.74. The highest BCUT2D eigenvalue weighted by molar-refractivity contribution is 6.11. The Kier molecular flexibility index (Phi) is 6.07. The number of carbonyl (C=O) groups excluding carboxylic acids is 1. The molecule has 0 saturated heterocycles. The van der Waals surface area contributed by atoms with Gasteiger partial charge in [0.05, 0.1) is 6.61 Å². The second-order valence-corrected chi connectivity index (χ2v) is 9.95. The number of hydrogen-bond donors (Lipinski definition) is 2. The van der Waals surface area contributed by atoms with Gasteiger partial charge in [0.25, 0.3) is 5.56 Å². The number of pyridine rings is 1. The second kappa shape index (κ2) is 9.57. The molecule has 3 aromatic rings. The Bertz CT molecular complexity index is 1570. The maximum Gasteiger partial charge on any atom is 0.274 e. The van der Waals surface area contributed by atoms with Gasteiger partial charge in [0.1, 0.15) is 23.0 Å². The van der Waals surface area contributed by atoms with E-state index in [0.717, 1.165) is 65.9 Å². The average Bonchev–Trinajstić information content (AvgIpc) is 3.22. The molecular weight excluding hydrogens is 480 g/mol. The number of ketones is 1. The van der Waals surface area contributed by atoms with Crippen molar-refractivity contribution in [3.63, 3.8) is 0 Å². The number of carbonyl (C=O) groups is 1. The van der Waals surface area contributed by atoms with Crippen LogP contribution in [0, 0.1) is 6.92 Å². The van der Waals surface area contributed by atoms with Gasteiger partial charge < -0.3 is 24.8 Å². The summed E-state index contributed by atoms with van der Waals surface area (Å²) in [5, 5.41) is 13.6. The van der Waals surface area contributed by atoms with E-state index in [2.05, 4.69) is 25.1 Å². The molecule has 0 amide bonds. The molecule has 6 rings (SSSR count). The highest BCUT2D eigenvalue weighted by atomic mass is 16.3. The van der Waals surface area contributed by atoms with E-state index < -0.39 is 0 Å². The summed E-state index contributed by atoms with van der Waals surface area (Å²) < 4.78 is 1.52. The molecule has 0 saturated carbocycles. The molecule has 38 heavy (non-hydrogen) atoms. The number of aliphatic hydroxyl groups is 1. The molecule has 4 heterocycles. The molecule has 0 spiro atoms. The lowest BCUT2D eigenvalue weighted by Gasteiger charge is -2.35. The maximum atomic E-state index is 13.2. The molecule has 2 aliphatic heterocycles. The van der Waals surface area contributed by atoms with Crippen molar-refractivity contribution in [1.29, 1.82) is 0 Å². The van der Waals surface area contributed by atoms with Crippen LogP contribution in [0.2, 0.25) is 0 Å². The summed E-state index contributed by atoms with van der Waals surface area (Å²) in [6.45, 7) is 3.04. The zero-order valence-electron chi connectivity index (χ0n) is 21.6. The summed E-state index contributed by atoms with van der Waals surface area (Å²) >= 11 is 0. The third kappa shape index (κ3) is 4.09. The molecule has 194 valence electrons. The zero-order chi connectivity index (χ0) is 26.4. The van der Waals surface area contributed by atoms with Gasteiger partial charge in [0, 0.05) is 66.8 Å². The molecule has 0 unspecified atom stereocenters. The van der Waals surface area contributed by atoms with Gasteiger partial charge in [-0.2, -0.15) is 0 Å². The Hall–Kier alpha value is -4.24. The average molecular weight is 511 g/mol. The summed E-state index contributed by atoms with van der Waals surface area (Å²) in [6, 6.07) is 9.35. The summed E-state index contributed by atoms with van der Waals surface area (Å²) in [6.07, 6.45) is 9.37. The predicted octanol–water partition coefficient (Wildman–Crippen LogP) is 3.76. The van der Waals surface area contributed by atoms with E-state index in [1.165, 1.54) is 10.3 Å². The molecule has 1 aliphatic carbocycles. The molecule has 9 heteroatoms. The van der Waals surface area contributed by atoms with Crippen molar-refractivity contribution in [2.75, 3.05) is 23.3 Å². The van der Waals surface area contributed by atoms with Crippen LogP contribution < -0.4 is 15.8 Å². The first kappa shape index (κ1) is 24.1. The van der Waals surface area contributed by atoms with E-state index in [-0.39, 0.29) is 17.9 Å². The van der Waals surface area contributed by atoms with Crippen LogP contribution in [0.1, 0.15) is 37.1 Å². The number of fused-ring (bicyclic) bond motifs is 2. The van der Waals surface area contributed by atoms with Crippen molar-refractivity contribution >= 4 is 23.0 Å². The topological polar surface area (TPSA) is 104 Å². The molecule has 0 radical (unpaired) electrons. The Morgan fingerprint density at radius 1 is 1.11 bits per heavy atom. The smallest absolute Gasteiger partial charge is 0.274 e. The number of Topliss-reactive ketones (excluding diaryl/α,β-unsaturated/α-hetero) is 1. The van der Waals surface area contributed by atoms with Crippen molar-refractivity contribution in [2.45, 2.75) is 39.2 Å². The van der Waals surface area contributed by atoms with Crippen LogP contribution in [0.5, 0.6) is 0 Å². The lowest BCUT2D eigenvalue weighted by atomic mass is 9.96. The van der Waals surface area contributed by atoms with Gasteiger partial charge in [-0.1, -0.05) is 12.1 Å². The van der Waals surface area contributed by atoms with Crippen molar-refractivity contribution < 1.29 is 9.90 Å². The molecular formula is C29H30N6O3. The lowest BCUT2D eigenvalue weighted by Crippen LogP contribution is -2.37. The van der Waals surface area contributed by atoms with Gasteiger partial charge >= 0.3 is 0 Å². The molecule has 2 aromatic heterocycles. The summed E-state index contributed by atoms with van der Waals surface area (Å²) in [4.78, 5) is 38.8. The number of rotatable bonds is 5. The van der Waals surface area contributed by atoms with Crippen LogP contribution in [-0.2, 0) is 18.4 Å². The van der Waals surface area contributed by atoms with Crippen LogP contribution in [0.4, 0.5) is 17.2 Å². The Morgan fingerprint density at radius 3 is 2.76 bits per heavy atom. The summed E-state index contributed by atoms with van der Waals surface area (Å²) in [5.41, 5.74) is 6.28. The van der Waals surface area contributed by atoms with Gasteiger partial charge in [-0.05, 0) is 56.4 Å². The quantitative estimate of drug-likeness (QED) is 0.535. The van der Waals surface area contributed by atoms with Crippen LogP contribution in [-0.4, -0.2) is 43.4 Å². The summed E-state index contributed by atoms with van der Waals surface area (Å²) in [7, 11) is 1.70. The first-order chi connectivity index (χ1) is 18.4. The largest absolute Gasteiger partial charge is 0.392 e. The highest BCUT2D eigenvalue weighted by Gasteiger charge is 2.38. The van der Waals surface area contributed by atoms with Gasteiger partial charge in [-0.15, -0.1) is 0 Å². The second-order valence-electron chi connectivity index (χ2n) is 9.95. The minimum atomic E-state index is -0.191. The molecule has 3 aliphatic rings. The number of nitrogens with one attached hydrogen (secondary N) is 1. The minimum Gasteiger partial charge on any atom is -0.392 e. The third-order valence-electron chi connectivity index (χ3n) is 7.56. The SMILES string of the molecule is Cc1nccc(Nc2cc(-c3cccc(N4C=C5C(=O)C6=C(CCCC6)N5CC4)c3CO)cn(C)c2=O)n1. The fraction of sp³-hybridized carbons (Fsp3) is 0.310. The van der Waals surface area contributed by atoms with Crippen LogP contribution in [0.25, 0.3) is 11.1 Å². The number of anilines is 3. The van der Waals surface area contributed by atoms with E-state index in [4.69, 9.17) is 0 Å². The van der Waals surface area contributed by atoms with Gasteiger partial charge in [0.2, 0.25) is 5.78 Å². The highest BCUT2D eigenvalue weighted by Crippen LogP contribution is 2.41. The van der Waals surface area contributed by atoms with Crippen LogP contribution >= 0.6 is 0 Å². The molecule has 1 aromatic carbocycles. The number of aryl methyl sites for hydroxylation is 2. The lowest BCUT2D eigenvalue weighted by molar-refractivity contribution is -0.112. The van der Waals surface area contributed by atoms with Crippen molar-refractivity contribution in [2.24, 2.45) is 7.05 Å². The predicted molar refractivity (Wildman–Crippen MR) is 146 cm³/mol. The van der Waals surface area contributed by atoms with E-state index in [1.54, 1.807) is 38.5 Å². The van der Waals surface area contributed by atoms with Crippen molar-refractivity contribution in [3.8, 4) is 11.1 Å². The minimum absolute atomic E-state index is 0.139. The number of hydrogen-bond acceptors (Lipinski definition) is 8.